The van der Waals surface area contributed by atoms with Gasteiger partial charge >= 0.3 is 11.9 Å². The molecule has 210 valence electrons. The Kier molecular flexibility index (Phi) is 9.46. The van der Waals surface area contributed by atoms with E-state index >= 15 is 0 Å². The topological polar surface area (TPSA) is 74.3 Å². The molecule has 2 aliphatic rings. The normalized spacial score (nSPS) is 20.1. The summed E-state index contributed by atoms with van der Waals surface area (Å²) in [5.41, 5.74) is 2.84. The number of hydrogen-bond donors (Lipinski definition) is 0. The van der Waals surface area contributed by atoms with E-state index in [2.05, 4.69) is 0 Å². The number of benzene rings is 2. The molecule has 0 N–H and O–H groups in total. The van der Waals surface area contributed by atoms with Crippen LogP contribution in [0.1, 0.15) is 70.9 Å². The molecule has 0 radical (unpaired) electrons. The molecule has 4 rings (SSSR count). The van der Waals surface area contributed by atoms with Crippen molar-refractivity contribution in [3.63, 3.8) is 0 Å². The zero-order valence-electron chi connectivity index (χ0n) is 23.6. The molecule has 0 aromatic heterocycles. The highest BCUT2D eigenvalue weighted by Crippen LogP contribution is 2.36. The second-order valence-electron chi connectivity index (χ2n) is 11.4. The van der Waals surface area contributed by atoms with E-state index in [1.54, 1.807) is 0 Å². The van der Waals surface area contributed by atoms with Gasteiger partial charge in [-0.2, -0.15) is 0 Å². The fourth-order valence-electron chi connectivity index (χ4n) is 5.15. The van der Waals surface area contributed by atoms with Crippen molar-refractivity contribution in [2.24, 2.45) is 0 Å². The predicted molar refractivity (Wildman–Crippen MR) is 148 cm³/mol. The van der Waals surface area contributed by atoms with E-state index in [0.717, 1.165) is 16.8 Å². The van der Waals surface area contributed by atoms with E-state index in [9.17, 15) is 9.59 Å². The number of nitrogens with zero attached hydrogens (tertiary/aromatic N) is 1. The minimum Gasteiger partial charge on any atom is -0.458 e. The Labute approximate surface area is 232 Å². The molecule has 2 aromatic rings. The smallest absolute Gasteiger partial charge is 0.336 e. The van der Waals surface area contributed by atoms with Crippen LogP contribution in [0.2, 0.25) is 0 Å². The summed E-state index contributed by atoms with van der Waals surface area (Å²) in [5, 5.41) is 0. The molecule has 0 spiro atoms. The summed E-state index contributed by atoms with van der Waals surface area (Å²) >= 11 is 0. The number of esters is 2. The summed E-state index contributed by atoms with van der Waals surface area (Å²) in [6.07, 6.45) is 3.01. The van der Waals surface area contributed by atoms with Crippen molar-refractivity contribution in [2.75, 3.05) is 13.2 Å². The minimum absolute atomic E-state index is 0.189. The lowest BCUT2D eigenvalue weighted by Crippen LogP contribution is -2.40. The second-order valence-corrected chi connectivity index (χ2v) is 11.4. The summed E-state index contributed by atoms with van der Waals surface area (Å²) in [7, 11) is 0. The Morgan fingerprint density at radius 1 is 0.974 bits per heavy atom. The molecule has 1 atom stereocenters. The third-order valence-electron chi connectivity index (χ3n) is 7.02. The summed E-state index contributed by atoms with van der Waals surface area (Å²) in [6.45, 7) is 9.40. The molecule has 0 aliphatic carbocycles. The number of carbonyl (C=O) groups excluding carboxylic acids is 2. The van der Waals surface area contributed by atoms with Crippen LogP contribution in [0.4, 0.5) is 0 Å². The van der Waals surface area contributed by atoms with Crippen LogP contribution in [-0.4, -0.2) is 47.5 Å². The predicted octanol–water partition coefficient (Wildman–Crippen LogP) is 5.92. The fourth-order valence-corrected chi connectivity index (χ4v) is 5.15. The van der Waals surface area contributed by atoms with Gasteiger partial charge in [0, 0.05) is 18.7 Å². The molecule has 0 saturated carbocycles. The maximum Gasteiger partial charge on any atom is 0.336 e. The van der Waals surface area contributed by atoms with Crippen LogP contribution in [0.25, 0.3) is 0 Å². The zero-order valence-corrected chi connectivity index (χ0v) is 23.6. The molecule has 39 heavy (non-hydrogen) atoms. The van der Waals surface area contributed by atoms with Crippen molar-refractivity contribution in [1.29, 1.82) is 0 Å². The molecule has 2 fully saturated rings. The summed E-state index contributed by atoms with van der Waals surface area (Å²) in [5.74, 6) is -1.26. The van der Waals surface area contributed by atoms with Gasteiger partial charge in [-0.15, -0.1) is 0 Å². The van der Waals surface area contributed by atoms with E-state index in [1.807, 2.05) is 93.3 Å². The lowest BCUT2D eigenvalue weighted by molar-refractivity contribution is -0.160. The van der Waals surface area contributed by atoms with E-state index in [-0.39, 0.29) is 18.5 Å². The SMILES string of the molecule is CC(C)(C)OC(=O)C1CC/C(=C(/CCCC2(C)OCCO2)C(=O)OCc2ccccc2)N1Cc1ccccc1. The maximum absolute atomic E-state index is 13.6. The molecular weight excluding hydrogens is 494 g/mol. The van der Waals surface area contributed by atoms with Gasteiger partial charge in [-0.25, -0.2) is 9.59 Å². The highest BCUT2D eigenvalue weighted by Gasteiger charge is 2.39. The van der Waals surface area contributed by atoms with E-state index < -0.39 is 17.4 Å². The Morgan fingerprint density at radius 3 is 2.21 bits per heavy atom. The molecule has 7 heteroatoms. The van der Waals surface area contributed by atoms with Crippen molar-refractivity contribution >= 4 is 11.9 Å². The van der Waals surface area contributed by atoms with Crippen molar-refractivity contribution < 1.29 is 28.5 Å². The second kappa shape index (κ2) is 12.8. The van der Waals surface area contributed by atoms with Gasteiger partial charge in [0.15, 0.2) is 5.79 Å². The molecule has 2 heterocycles. The Hall–Kier alpha value is -3.16. The fraction of sp³-hybridized carbons (Fsp3) is 0.500. The number of allylic oxidation sites excluding steroid dienone is 1. The number of rotatable bonds is 10. The van der Waals surface area contributed by atoms with Gasteiger partial charge in [0.2, 0.25) is 0 Å². The van der Waals surface area contributed by atoms with Crippen LogP contribution in [0.15, 0.2) is 71.9 Å². The molecule has 1 unspecified atom stereocenters. The summed E-state index contributed by atoms with van der Waals surface area (Å²) in [4.78, 5) is 29.0. The van der Waals surface area contributed by atoms with E-state index in [1.165, 1.54) is 0 Å². The quantitative estimate of drug-likeness (QED) is 0.276. The molecule has 2 saturated heterocycles. The Bertz CT molecular complexity index is 1130. The van der Waals surface area contributed by atoms with Crippen LogP contribution in [0, 0.1) is 0 Å². The van der Waals surface area contributed by atoms with Crippen LogP contribution in [0.3, 0.4) is 0 Å². The van der Waals surface area contributed by atoms with Crippen molar-refractivity contribution in [3.05, 3.63) is 83.1 Å². The summed E-state index contributed by atoms with van der Waals surface area (Å²) < 4.78 is 23.2. The van der Waals surface area contributed by atoms with Crippen molar-refractivity contribution in [2.45, 2.75) is 90.4 Å². The van der Waals surface area contributed by atoms with Crippen LogP contribution in [0.5, 0.6) is 0 Å². The first-order valence-electron chi connectivity index (χ1n) is 13.9. The standard InChI is InChI=1S/C32H41NO6/c1-31(2,3)39-30(35)28-18-17-27(33(28)22-24-12-7-5-8-13-24)26(16-11-19-32(4)37-20-21-38-32)29(34)36-23-25-14-9-6-10-15-25/h5-10,12-15,28H,11,16-23H2,1-4H3/b27-26+. The number of hydrogen-bond acceptors (Lipinski definition) is 7. The average molecular weight is 536 g/mol. The van der Waals surface area contributed by atoms with Gasteiger partial charge in [-0.1, -0.05) is 60.7 Å². The Balaban J connectivity index is 1.62. The average Bonchev–Trinajstić information content (AvgIpc) is 3.52. The molecule has 2 aromatic carbocycles. The van der Waals surface area contributed by atoms with E-state index in [4.69, 9.17) is 18.9 Å². The van der Waals surface area contributed by atoms with Gasteiger partial charge in [-0.3, -0.25) is 0 Å². The van der Waals surface area contributed by atoms with Crippen molar-refractivity contribution in [1.82, 2.24) is 4.90 Å². The Morgan fingerprint density at radius 2 is 1.59 bits per heavy atom. The zero-order chi connectivity index (χ0) is 27.9. The van der Waals surface area contributed by atoms with Crippen molar-refractivity contribution in [3.8, 4) is 0 Å². The molecule has 0 bridgehead atoms. The minimum atomic E-state index is -0.637. The van der Waals surface area contributed by atoms with Crippen LogP contribution < -0.4 is 0 Å². The number of likely N-dealkylation sites (tertiary alicyclic amines) is 1. The number of ether oxygens (including phenoxy) is 4. The van der Waals surface area contributed by atoms with Crippen LogP contribution in [-0.2, 0) is 41.7 Å². The van der Waals surface area contributed by atoms with Gasteiger partial charge in [0.25, 0.3) is 0 Å². The summed E-state index contributed by atoms with van der Waals surface area (Å²) in [6, 6.07) is 19.2. The molecule has 7 nitrogen and oxygen atoms in total. The first-order chi connectivity index (χ1) is 18.6. The maximum atomic E-state index is 13.6. The van der Waals surface area contributed by atoms with Gasteiger partial charge < -0.3 is 23.8 Å². The third kappa shape index (κ3) is 8.16. The molecule has 0 amide bonds. The lowest BCUT2D eigenvalue weighted by Gasteiger charge is -2.31. The first kappa shape index (κ1) is 28.8. The van der Waals surface area contributed by atoms with Gasteiger partial charge in [-0.05, 0) is 64.5 Å². The third-order valence-corrected chi connectivity index (χ3v) is 7.02. The monoisotopic (exact) mass is 535 g/mol. The largest absolute Gasteiger partial charge is 0.458 e. The number of carbonyl (C=O) groups is 2. The van der Waals surface area contributed by atoms with Gasteiger partial charge in [0.05, 0.1) is 18.8 Å². The van der Waals surface area contributed by atoms with Crippen LogP contribution >= 0.6 is 0 Å². The first-order valence-corrected chi connectivity index (χ1v) is 13.9. The molecule has 2 aliphatic heterocycles. The van der Waals surface area contributed by atoms with E-state index in [0.29, 0.717) is 57.4 Å². The highest BCUT2D eigenvalue weighted by molar-refractivity contribution is 5.90. The molecular formula is C32H41NO6. The lowest BCUT2D eigenvalue weighted by atomic mass is 10.0. The highest BCUT2D eigenvalue weighted by atomic mass is 16.7. The van der Waals surface area contributed by atoms with Gasteiger partial charge in [0.1, 0.15) is 18.2 Å².